The van der Waals surface area contributed by atoms with Gasteiger partial charge in [0.1, 0.15) is 0 Å². The molecule has 1 aliphatic rings. The van der Waals surface area contributed by atoms with Crippen molar-refractivity contribution in [2.24, 2.45) is 11.8 Å². The summed E-state index contributed by atoms with van der Waals surface area (Å²) in [5.74, 6) is -1.71. The third-order valence-electron chi connectivity index (χ3n) is 3.53. The van der Waals surface area contributed by atoms with Crippen LogP contribution in [0.25, 0.3) is 0 Å². The lowest BCUT2D eigenvalue weighted by Crippen LogP contribution is -2.38. The Morgan fingerprint density at radius 3 is 2.37 bits per heavy atom. The standard InChI is InChI=1S/C15H19NO3/c1-10(2)16(9-11-6-4-3-5-7-11)14(17)12-8-13(12)15(18)19/h3-7,10,12-13H,8-9H2,1-2H3,(H,18,19). The molecule has 2 unspecified atom stereocenters. The largest absolute Gasteiger partial charge is 0.481 e. The van der Waals surface area contributed by atoms with Crippen molar-refractivity contribution >= 4 is 11.9 Å². The zero-order valence-corrected chi connectivity index (χ0v) is 11.2. The zero-order chi connectivity index (χ0) is 14.0. The molecule has 0 aliphatic heterocycles. The van der Waals surface area contributed by atoms with Crippen molar-refractivity contribution in [3.8, 4) is 0 Å². The summed E-state index contributed by atoms with van der Waals surface area (Å²) in [4.78, 5) is 25.0. The van der Waals surface area contributed by atoms with Gasteiger partial charge in [0.05, 0.1) is 11.8 Å². The summed E-state index contributed by atoms with van der Waals surface area (Å²) in [5.41, 5.74) is 1.07. The lowest BCUT2D eigenvalue weighted by molar-refractivity contribution is -0.142. The van der Waals surface area contributed by atoms with E-state index in [2.05, 4.69) is 0 Å². The minimum atomic E-state index is -0.859. The molecule has 102 valence electrons. The van der Waals surface area contributed by atoms with Crippen molar-refractivity contribution in [2.45, 2.75) is 32.9 Å². The van der Waals surface area contributed by atoms with Crippen LogP contribution < -0.4 is 0 Å². The van der Waals surface area contributed by atoms with Crippen LogP contribution in [-0.2, 0) is 16.1 Å². The van der Waals surface area contributed by atoms with Gasteiger partial charge in [-0.15, -0.1) is 0 Å². The first kappa shape index (κ1) is 13.6. The second-order valence-electron chi connectivity index (χ2n) is 5.33. The molecule has 4 heteroatoms. The highest BCUT2D eigenvalue weighted by Crippen LogP contribution is 2.40. The monoisotopic (exact) mass is 261 g/mol. The summed E-state index contributed by atoms with van der Waals surface area (Å²) in [7, 11) is 0. The number of aliphatic carboxylic acids is 1. The third-order valence-corrected chi connectivity index (χ3v) is 3.53. The van der Waals surface area contributed by atoms with Crippen LogP contribution in [0, 0.1) is 11.8 Å². The number of nitrogens with zero attached hydrogens (tertiary/aromatic N) is 1. The van der Waals surface area contributed by atoms with Crippen LogP contribution in [0.3, 0.4) is 0 Å². The van der Waals surface area contributed by atoms with Crippen molar-refractivity contribution in [1.29, 1.82) is 0 Å². The van der Waals surface area contributed by atoms with Gasteiger partial charge in [-0.1, -0.05) is 30.3 Å². The van der Waals surface area contributed by atoms with Crippen molar-refractivity contribution in [2.75, 3.05) is 0 Å². The second-order valence-corrected chi connectivity index (χ2v) is 5.33. The van der Waals surface area contributed by atoms with E-state index in [1.165, 1.54) is 0 Å². The molecule has 0 radical (unpaired) electrons. The van der Waals surface area contributed by atoms with E-state index in [1.807, 2.05) is 44.2 Å². The Bertz CT molecular complexity index is 470. The number of carboxylic acids is 1. The lowest BCUT2D eigenvalue weighted by atomic mass is 10.1. The van der Waals surface area contributed by atoms with Crippen LogP contribution in [-0.4, -0.2) is 27.9 Å². The fraction of sp³-hybridized carbons (Fsp3) is 0.467. The van der Waals surface area contributed by atoms with Gasteiger partial charge in [-0.05, 0) is 25.8 Å². The Kier molecular flexibility index (Phi) is 3.88. The summed E-state index contributed by atoms with van der Waals surface area (Å²) in [6, 6.07) is 9.84. The van der Waals surface area contributed by atoms with E-state index >= 15 is 0 Å². The summed E-state index contributed by atoms with van der Waals surface area (Å²) in [6.07, 6.45) is 0.478. The van der Waals surface area contributed by atoms with E-state index in [0.717, 1.165) is 5.56 Å². The molecule has 2 rings (SSSR count). The van der Waals surface area contributed by atoms with Gasteiger partial charge in [0.15, 0.2) is 0 Å². The Balaban J connectivity index is 2.05. The van der Waals surface area contributed by atoms with Gasteiger partial charge < -0.3 is 10.0 Å². The quantitative estimate of drug-likeness (QED) is 0.883. The van der Waals surface area contributed by atoms with Gasteiger partial charge in [0.25, 0.3) is 0 Å². The van der Waals surface area contributed by atoms with Crippen molar-refractivity contribution in [3.05, 3.63) is 35.9 Å². The Hall–Kier alpha value is -1.84. The summed E-state index contributed by atoms with van der Waals surface area (Å²) in [5, 5.41) is 8.91. The Morgan fingerprint density at radius 1 is 1.26 bits per heavy atom. The first-order valence-electron chi connectivity index (χ1n) is 6.58. The molecule has 1 aromatic rings. The molecule has 1 aliphatic carbocycles. The highest BCUT2D eigenvalue weighted by molar-refractivity contribution is 5.89. The average Bonchev–Trinajstić information content (AvgIpc) is 3.16. The zero-order valence-electron chi connectivity index (χ0n) is 11.2. The molecule has 19 heavy (non-hydrogen) atoms. The van der Waals surface area contributed by atoms with Gasteiger partial charge >= 0.3 is 5.97 Å². The molecule has 2 atom stereocenters. The Morgan fingerprint density at radius 2 is 1.89 bits per heavy atom. The molecule has 0 spiro atoms. The van der Waals surface area contributed by atoms with Crippen molar-refractivity contribution < 1.29 is 14.7 Å². The number of rotatable bonds is 5. The number of hydrogen-bond donors (Lipinski definition) is 1. The predicted molar refractivity (Wildman–Crippen MR) is 71.4 cm³/mol. The van der Waals surface area contributed by atoms with Crippen LogP contribution in [0.5, 0.6) is 0 Å². The molecule has 1 N–H and O–H groups in total. The number of carbonyl (C=O) groups is 2. The van der Waals surface area contributed by atoms with Crippen LogP contribution in [0.1, 0.15) is 25.8 Å². The maximum Gasteiger partial charge on any atom is 0.307 e. The van der Waals surface area contributed by atoms with Gasteiger partial charge in [-0.25, -0.2) is 0 Å². The SMILES string of the molecule is CC(C)N(Cc1ccccc1)C(=O)C1CC1C(=O)O. The molecule has 1 saturated carbocycles. The fourth-order valence-corrected chi connectivity index (χ4v) is 2.25. The summed E-state index contributed by atoms with van der Waals surface area (Å²) in [6.45, 7) is 4.46. The minimum absolute atomic E-state index is 0.0359. The fourth-order valence-electron chi connectivity index (χ4n) is 2.25. The minimum Gasteiger partial charge on any atom is -0.481 e. The lowest BCUT2D eigenvalue weighted by Gasteiger charge is -2.27. The molecule has 1 amide bonds. The molecular formula is C15H19NO3. The molecule has 0 aromatic heterocycles. The maximum absolute atomic E-state index is 12.3. The Labute approximate surface area is 113 Å². The van der Waals surface area contributed by atoms with Gasteiger partial charge in [0.2, 0.25) is 5.91 Å². The van der Waals surface area contributed by atoms with E-state index in [9.17, 15) is 9.59 Å². The van der Waals surface area contributed by atoms with Crippen LogP contribution >= 0.6 is 0 Å². The van der Waals surface area contributed by atoms with Gasteiger partial charge in [0, 0.05) is 12.6 Å². The van der Waals surface area contributed by atoms with Crippen molar-refractivity contribution in [1.82, 2.24) is 4.90 Å². The van der Waals surface area contributed by atoms with E-state index in [0.29, 0.717) is 13.0 Å². The topological polar surface area (TPSA) is 57.6 Å². The smallest absolute Gasteiger partial charge is 0.307 e. The molecule has 4 nitrogen and oxygen atoms in total. The van der Waals surface area contributed by atoms with Crippen LogP contribution in [0.15, 0.2) is 30.3 Å². The molecule has 1 fully saturated rings. The number of carboxylic acid groups (broad SMARTS) is 1. The molecule has 0 saturated heterocycles. The highest BCUT2D eigenvalue weighted by atomic mass is 16.4. The predicted octanol–water partition coefficient (Wildman–Crippen LogP) is 2.14. The van der Waals surface area contributed by atoms with Gasteiger partial charge in [-0.3, -0.25) is 9.59 Å². The normalized spacial score (nSPS) is 21.2. The first-order valence-corrected chi connectivity index (χ1v) is 6.58. The third kappa shape index (κ3) is 3.13. The van der Waals surface area contributed by atoms with E-state index < -0.39 is 11.9 Å². The summed E-state index contributed by atoms with van der Waals surface area (Å²) < 4.78 is 0. The van der Waals surface area contributed by atoms with E-state index in [-0.39, 0.29) is 17.9 Å². The molecule has 0 bridgehead atoms. The number of amides is 1. The maximum atomic E-state index is 12.3. The number of carbonyl (C=O) groups excluding carboxylic acids is 1. The molecular weight excluding hydrogens is 242 g/mol. The molecule has 0 heterocycles. The van der Waals surface area contributed by atoms with E-state index in [4.69, 9.17) is 5.11 Å². The molecule has 1 aromatic carbocycles. The summed E-state index contributed by atoms with van der Waals surface area (Å²) >= 11 is 0. The highest BCUT2D eigenvalue weighted by Gasteiger charge is 2.50. The van der Waals surface area contributed by atoms with Crippen LogP contribution in [0.4, 0.5) is 0 Å². The van der Waals surface area contributed by atoms with Gasteiger partial charge in [-0.2, -0.15) is 0 Å². The second kappa shape index (κ2) is 5.43. The number of benzene rings is 1. The first-order chi connectivity index (χ1) is 9.00. The average molecular weight is 261 g/mol. The van der Waals surface area contributed by atoms with Crippen molar-refractivity contribution in [3.63, 3.8) is 0 Å². The van der Waals surface area contributed by atoms with Crippen LogP contribution in [0.2, 0.25) is 0 Å². The number of hydrogen-bond acceptors (Lipinski definition) is 2. The van der Waals surface area contributed by atoms with E-state index in [1.54, 1.807) is 4.90 Å².